The average Bonchev–Trinajstić information content (AvgIpc) is 2.34. The molecule has 1 atom stereocenters. The van der Waals surface area contributed by atoms with Gasteiger partial charge in [0, 0.05) is 11.0 Å². The average molecular weight is 254 g/mol. The van der Waals surface area contributed by atoms with E-state index in [2.05, 4.69) is 56.4 Å². The molecular weight excluding hydrogens is 232 g/mol. The van der Waals surface area contributed by atoms with Crippen molar-refractivity contribution in [1.82, 2.24) is 0 Å². The molecule has 0 nitrogen and oxygen atoms in total. The molecule has 0 aliphatic rings. The standard InChI is InChI=1S/C14H22S2/c1-2-3-4-5-6-12-7-9-13(10-8-12)14(16)11-15/h7-10,14-16H,2-6,11H2,1H3. The number of thiol groups is 2. The van der Waals surface area contributed by atoms with Gasteiger partial charge in [-0.05, 0) is 24.0 Å². The van der Waals surface area contributed by atoms with Crippen molar-refractivity contribution in [2.75, 3.05) is 5.75 Å². The molecule has 1 aromatic rings. The van der Waals surface area contributed by atoms with Crippen LogP contribution >= 0.6 is 25.3 Å². The summed E-state index contributed by atoms with van der Waals surface area (Å²) in [4.78, 5) is 0. The van der Waals surface area contributed by atoms with Crippen molar-refractivity contribution in [3.8, 4) is 0 Å². The molecule has 0 heterocycles. The van der Waals surface area contributed by atoms with Crippen LogP contribution < -0.4 is 0 Å². The fourth-order valence-electron chi connectivity index (χ4n) is 1.77. The van der Waals surface area contributed by atoms with Gasteiger partial charge in [-0.3, -0.25) is 0 Å². The molecule has 90 valence electrons. The van der Waals surface area contributed by atoms with Crippen LogP contribution in [0, 0.1) is 0 Å². The first-order valence-corrected chi connectivity index (χ1v) is 7.30. The van der Waals surface area contributed by atoms with Gasteiger partial charge in [0.1, 0.15) is 0 Å². The summed E-state index contributed by atoms with van der Waals surface area (Å²) in [6.07, 6.45) is 6.53. The molecule has 0 radical (unpaired) electrons. The fraction of sp³-hybridized carbons (Fsp3) is 0.571. The van der Waals surface area contributed by atoms with Gasteiger partial charge in [-0.1, -0.05) is 50.5 Å². The molecular formula is C14H22S2. The van der Waals surface area contributed by atoms with Crippen LogP contribution in [0.15, 0.2) is 24.3 Å². The van der Waals surface area contributed by atoms with Gasteiger partial charge in [0.05, 0.1) is 0 Å². The van der Waals surface area contributed by atoms with E-state index in [1.807, 2.05) is 0 Å². The van der Waals surface area contributed by atoms with E-state index in [0.29, 0.717) is 0 Å². The summed E-state index contributed by atoms with van der Waals surface area (Å²) >= 11 is 8.73. The summed E-state index contributed by atoms with van der Waals surface area (Å²) in [7, 11) is 0. The van der Waals surface area contributed by atoms with E-state index >= 15 is 0 Å². The molecule has 0 amide bonds. The van der Waals surface area contributed by atoms with Crippen molar-refractivity contribution in [3.05, 3.63) is 35.4 Å². The minimum atomic E-state index is 0.262. The highest BCUT2D eigenvalue weighted by Crippen LogP contribution is 2.21. The Labute approximate surface area is 111 Å². The molecule has 0 spiro atoms. The van der Waals surface area contributed by atoms with Crippen molar-refractivity contribution >= 4 is 25.3 Å². The third kappa shape index (κ3) is 4.84. The lowest BCUT2D eigenvalue weighted by atomic mass is 10.0. The van der Waals surface area contributed by atoms with Crippen LogP contribution in [0.1, 0.15) is 49.0 Å². The van der Waals surface area contributed by atoms with Gasteiger partial charge in [-0.15, -0.1) is 0 Å². The van der Waals surface area contributed by atoms with Gasteiger partial charge >= 0.3 is 0 Å². The largest absolute Gasteiger partial charge is 0.178 e. The Balaban J connectivity index is 2.39. The summed E-state index contributed by atoms with van der Waals surface area (Å²) < 4.78 is 0. The second-order valence-corrected chi connectivity index (χ2v) is 5.24. The third-order valence-corrected chi connectivity index (χ3v) is 3.99. The number of rotatable bonds is 7. The van der Waals surface area contributed by atoms with Crippen molar-refractivity contribution in [3.63, 3.8) is 0 Å². The normalized spacial score (nSPS) is 12.7. The van der Waals surface area contributed by atoms with Gasteiger partial charge in [-0.25, -0.2) is 0 Å². The molecule has 1 aromatic carbocycles. The number of hydrogen-bond donors (Lipinski definition) is 2. The molecule has 0 aliphatic heterocycles. The maximum atomic E-state index is 4.48. The Hall–Kier alpha value is -0.0800. The van der Waals surface area contributed by atoms with Crippen LogP contribution in [0.3, 0.4) is 0 Å². The second-order valence-electron chi connectivity index (χ2n) is 4.25. The summed E-state index contributed by atoms with van der Waals surface area (Å²) in [6, 6.07) is 8.83. The Morgan fingerprint density at radius 3 is 2.31 bits per heavy atom. The number of unbranched alkanes of at least 4 members (excludes halogenated alkanes) is 3. The Morgan fingerprint density at radius 2 is 1.75 bits per heavy atom. The van der Waals surface area contributed by atoms with Gasteiger partial charge < -0.3 is 0 Å². The van der Waals surface area contributed by atoms with Crippen LogP contribution in [-0.2, 0) is 6.42 Å². The number of benzene rings is 1. The zero-order valence-corrected chi connectivity index (χ0v) is 11.8. The summed E-state index contributed by atoms with van der Waals surface area (Å²) in [5.74, 6) is 0.791. The lowest BCUT2D eigenvalue weighted by molar-refractivity contribution is 0.667. The molecule has 0 aliphatic carbocycles. The monoisotopic (exact) mass is 254 g/mol. The second kappa shape index (κ2) is 8.08. The van der Waals surface area contributed by atoms with E-state index in [9.17, 15) is 0 Å². The number of aryl methyl sites for hydroxylation is 1. The molecule has 1 unspecified atom stereocenters. The molecule has 0 bridgehead atoms. The van der Waals surface area contributed by atoms with Crippen LogP contribution in [0.25, 0.3) is 0 Å². The highest BCUT2D eigenvalue weighted by Gasteiger charge is 2.03. The Kier molecular flexibility index (Phi) is 7.06. The number of hydrogen-bond acceptors (Lipinski definition) is 2. The third-order valence-electron chi connectivity index (χ3n) is 2.86. The van der Waals surface area contributed by atoms with E-state index in [1.54, 1.807) is 0 Å². The maximum absolute atomic E-state index is 4.48. The smallest absolute Gasteiger partial charge is 0.0355 e. The Bertz CT molecular complexity index is 279. The minimum Gasteiger partial charge on any atom is -0.178 e. The molecule has 0 saturated heterocycles. The zero-order valence-electron chi connectivity index (χ0n) is 10.0. The first-order chi connectivity index (χ1) is 7.77. The molecule has 0 aromatic heterocycles. The first kappa shape index (κ1) is 14.0. The molecule has 0 fully saturated rings. The van der Waals surface area contributed by atoms with Crippen LogP contribution in [0.4, 0.5) is 0 Å². The van der Waals surface area contributed by atoms with Crippen molar-refractivity contribution < 1.29 is 0 Å². The molecule has 0 saturated carbocycles. The van der Waals surface area contributed by atoms with Crippen molar-refractivity contribution in [2.24, 2.45) is 0 Å². The quantitative estimate of drug-likeness (QED) is 0.511. The maximum Gasteiger partial charge on any atom is 0.0355 e. The van der Waals surface area contributed by atoms with Crippen LogP contribution in [0.5, 0.6) is 0 Å². The van der Waals surface area contributed by atoms with Gasteiger partial charge in [0.25, 0.3) is 0 Å². The lowest BCUT2D eigenvalue weighted by Crippen LogP contribution is -1.93. The van der Waals surface area contributed by atoms with Gasteiger partial charge in [-0.2, -0.15) is 25.3 Å². The highest BCUT2D eigenvalue weighted by molar-refractivity contribution is 7.84. The highest BCUT2D eigenvalue weighted by atomic mass is 32.1. The van der Waals surface area contributed by atoms with Crippen molar-refractivity contribution in [1.29, 1.82) is 0 Å². The van der Waals surface area contributed by atoms with E-state index in [0.717, 1.165) is 5.75 Å². The van der Waals surface area contributed by atoms with E-state index in [1.165, 1.54) is 43.2 Å². The SMILES string of the molecule is CCCCCCc1ccc(C(S)CS)cc1. The first-order valence-electron chi connectivity index (χ1n) is 6.15. The predicted molar refractivity (Wildman–Crippen MR) is 79.9 cm³/mol. The molecule has 16 heavy (non-hydrogen) atoms. The van der Waals surface area contributed by atoms with E-state index < -0.39 is 0 Å². The summed E-state index contributed by atoms with van der Waals surface area (Å²) in [6.45, 7) is 2.25. The fourth-order valence-corrected chi connectivity index (χ4v) is 2.15. The molecule has 2 heteroatoms. The van der Waals surface area contributed by atoms with Gasteiger partial charge in [0.2, 0.25) is 0 Å². The zero-order chi connectivity index (χ0) is 11.8. The van der Waals surface area contributed by atoms with E-state index in [4.69, 9.17) is 0 Å². The lowest BCUT2D eigenvalue weighted by Gasteiger charge is -2.08. The van der Waals surface area contributed by atoms with Gasteiger partial charge in [0.15, 0.2) is 0 Å². The minimum absolute atomic E-state index is 0.262. The Morgan fingerprint density at radius 1 is 1.06 bits per heavy atom. The molecule has 1 rings (SSSR count). The molecule has 0 N–H and O–H groups in total. The van der Waals surface area contributed by atoms with Crippen LogP contribution in [0.2, 0.25) is 0 Å². The van der Waals surface area contributed by atoms with E-state index in [-0.39, 0.29) is 5.25 Å². The predicted octanol–water partition coefficient (Wildman–Crippen LogP) is 4.71. The summed E-state index contributed by atoms with van der Waals surface area (Å²) in [5.41, 5.74) is 2.72. The van der Waals surface area contributed by atoms with Crippen LogP contribution in [-0.4, -0.2) is 5.75 Å². The topological polar surface area (TPSA) is 0 Å². The van der Waals surface area contributed by atoms with Crippen molar-refractivity contribution in [2.45, 2.75) is 44.3 Å². The summed E-state index contributed by atoms with van der Waals surface area (Å²) in [5, 5.41) is 0.262.